The van der Waals surface area contributed by atoms with Gasteiger partial charge in [-0.3, -0.25) is 0 Å². The lowest BCUT2D eigenvalue weighted by Crippen LogP contribution is -1.82. The van der Waals surface area contributed by atoms with Crippen molar-refractivity contribution < 1.29 is 0 Å². The van der Waals surface area contributed by atoms with Crippen molar-refractivity contribution in [2.75, 3.05) is 0 Å². The number of nitrogens with zero attached hydrogens (tertiary/aromatic N) is 3. The van der Waals surface area contributed by atoms with E-state index in [1.165, 1.54) is 10.1 Å². The Morgan fingerprint density at radius 3 is 2.64 bits per heavy atom. The van der Waals surface area contributed by atoms with Crippen LogP contribution in [0.15, 0.2) is 79.3 Å². The number of hydrogen-bond acceptors (Lipinski definition) is 4. The highest BCUT2D eigenvalue weighted by atomic mass is 32.1. The Balaban J connectivity index is 1.45. The predicted octanol–water partition coefficient (Wildman–Crippen LogP) is 6.05. The summed E-state index contributed by atoms with van der Waals surface area (Å²) in [5, 5.41) is 3.26. The summed E-state index contributed by atoms with van der Waals surface area (Å²) in [5.41, 5.74) is 6.44. The molecule has 1 N–H and O–H groups in total. The van der Waals surface area contributed by atoms with E-state index in [4.69, 9.17) is 4.98 Å². The molecule has 5 heteroatoms. The second-order valence-electron chi connectivity index (χ2n) is 6.77. The molecule has 0 bridgehead atoms. The van der Waals surface area contributed by atoms with E-state index < -0.39 is 0 Å². The Morgan fingerprint density at radius 2 is 1.68 bits per heavy atom. The lowest BCUT2D eigenvalue weighted by molar-refractivity contribution is 1.22. The largest absolute Gasteiger partial charge is 0.355 e. The standard InChI is InChI=1S/C23H14N4S/c1-2-4-18-14(3-1)9-20(26-18)15-7-8-22-21(10-15)27-23(28-22)16-5-6-17-12-24-13-25-19(17)11-16/h1-13,26H. The average Bonchev–Trinajstić information content (AvgIpc) is 3.37. The fourth-order valence-corrected chi connectivity index (χ4v) is 4.50. The maximum atomic E-state index is 4.89. The zero-order valence-electron chi connectivity index (χ0n) is 14.8. The Kier molecular flexibility index (Phi) is 3.30. The number of H-pyrrole nitrogens is 1. The van der Waals surface area contributed by atoms with Gasteiger partial charge in [0.1, 0.15) is 11.3 Å². The van der Waals surface area contributed by atoms with Crippen molar-refractivity contribution in [1.29, 1.82) is 0 Å². The second-order valence-corrected chi connectivity index (χ2v) is 7.80. The molecule has 0 aliphatic carbocycles. The van der Waals surface area contributed by atoms with E-state index in [1.54, 1.807) is 17.7 Å². The number of hydrogen-bond donors (Lipinski definition) is 1. The van der Waals surface area contributed by atoms with E-state index >= 15 is 0 Å². The first-order valence-electron chi connectivity index (χ1n) is 9.02. The molecular formula is C23H14N4S. The van der Waals surface area contributed by atoms with Crippen molar-refractivity contribution in [3.05, 3.63) is 79.3 Å². The van der Waals surface area contributed by atoms with Gasteiger partial charge in [0.25, 0.3) is 0 Å². The number of fused-ring (bicyclic) bond motifs is 3. The van der Waals surface area contributed by atoms with Crippen LogP contribution in [0.3, 0.4) is 0 Å². The molecule has 4 nitrogen and oxygen atoms in total. The summed E-state index contributed by atoms with van der Waals surface area (Å²) in [6.07, 6.45) is 3.41. The van der Waals surface area contributed by atoms with Gasteiger partial charge in [0.05, 0.1) is 15.7 Å². The highest BCUT2D eigenvalue weighted by molar-refractivity contribution is 7.21. The van der Waals surface area contributed by atoms with Gasteiger partial charge < -0.3 is 4.98 Å². The van der Waals surface area contributed by atoms with Crippen LogP contribution in [-0.4, -0.2) is 19.9 Å². The summed E-state index contributed by atoms with van der Waals surface area (Å²) in [5.74, 6) is 0. The number of rotatable bonds is 2. The fraction of sp³-hybridized carbons (Fsp3) is 0. The minimum atomic E-state index is 0.936. The smallest absolute Gasteiger partial charge is 0.124 e. The third-order valence-electron chi connectivity index (χ3n) is 4.98. The van der Waals surface area contributed by atoms with E-state index in [0.29, 0.717) is 0 Å². The van der Waals surface area contributed by atoms with Gasteiger partial charge in [-0.05, 0) is 30.3 Å². The molecule has 0 spiro atoms. The van der Waals surface area contributed by atoms with Gasteiger partial charge in [0.2, 0.25) is 0 Å². The van der Waals surface area contributed by atoms with Crippen LogP contribution in [0, 0.1) is 0 Å². The number of para-hydroxylation sites is 1. The first-order chi connectivity index (χ1) is 13.8. The molecule has 6 aromatic rings. The monoisotopic (exact) mass is 378 g/mol. The van der Waals surface area contributed by atoms with Crippen LogP contribution in [0.25, 0.3) is 53.9 Å². The maximum absolute atomic E-state index is 4.89. The summed E-state index contributed by atoms with van der Waals surface area (Å²) >= 11 is 1.70. The number of thiazole rings is 1. The molecular weight excluding hydrogens is 364 g/mol. The van der Waals surface area contributed by atoms with Crippen molar-refractivity contribution in [1.82, 2.24) is 19.9 Å². The van der Waals surface area contributed by atoms with Crippen LogP contribution in [0.5, 0.6) is 0 Å². The Labute approximate surface area is 164 Å². The van der Waals surface area contributed by atoms with E-state index in [2.05, 4.69) is 69.5 Å². The van der Waals surface area contributed by atoms with Gasteiger partial charge in [-0.25, -0.2) is 15.0 Å². The molecule has 3 aromatic carbocycles. The normalized spacial score (nSPS) is 11.6. The summed E-state index contributed by atoms with van der Waals surface area (Å²) in [6, 6.07) is 23.2. The van der Waals surface area contributed by atoms with Crippen molar-refractivity contribution >= 4 is 43.4 Å². The van der Waals surface area contributed by atoms with E-state index in [9.17, 15) is 0 Å². The summed E-state index contributed by atoms with van der Waals surface area (Å²) in [6.45, 7) is 0. The Morgan fingerprint density at radius 1 is 0.786 bits per heavy atom. The zero-order chi connectivity index (χ0) is 18.5. The molecule has 0 saturated heterocycles. The highest BCUT2D eigenvalue weighted by Crippen LogP contribution is 2.34. The quantitative estimate of drug-likeness (QED) is 0.399. The molecule has 28 heavy (non-hydrogen) atoms. The van der Waals surface area contributed by atoms with Crippen LogP contribution in [0.4, 0.5) is 0 Å². The van der Waals surface area contributed by atoms with Crippen molar-refractivity contribution in [3.63, 3.8) is 0 Å². The summed E-state index contributed by atoms with van der Waals surface area (Å²) in [4.78, 5) is 16.8. The molecule has 0 amide bonds. The minimum absolute atomic E-state index is 0.936. The zero-order valence-corrected chi connectivity index (χ0v) is 15.6. The topological polar surface area (TPSA) is 54.5 Å². The first kappa shape index (κ1) is 15.5. The summed E-state index contributed by atoms with van der Waals surface area (Å²) < 4.78 is 1.18. The Hall–Kier alpha value is -3.57. The molecule has 132 valence electrons. The van der Waals surface area contributed by atoms with Crippen molar-refractivity contribution in [3.8, 4) is 21.8 Å². The van der Waals surface area contributed by atoms with Crippen LogP contribution in [0.2, 0.25) is 0 Å². The summed E-state index contributed by atoms with van der Waals surface area (Å²) in [7, 11) is 0. The molecule has 6 rings (SSSR count). The van der Waals surface area contributed by atoms with Gasteiger partial charge in [-0.2, -0.15) is 0 Å². The van der Waals surface area contributed by atoms with Crippen LogP contribution in [0.1, 0.15) is 0 Å². The second kappa shape index (κ2) is 5.97. The highest BCUT2D eigenvalue weighted by Gasteiger charge is 2.10. The van der Waals surface area contributed by atoms with Crippen LogP contribution >= 0.6 is 11.3 Å². The van der Waals surface area contributed by atoms with Crippen LogP contribution in [-0.2, 0) is 0 Å². The van der Waals surface area contributed by atoms with E-state index in [-0.39, 0.29) is 0 Å². The molecule has 0 radical (unpaired) electrons. The average molecular weight is 378 g/mol. The van der Waals surface area contributed by atoms with Gasteiger partial charge in [-0.1, -0.05) is 36.4 Å². The molecule has 3 heterocycles. The number of benzene rings is 3. The maximum Gasteiger partial charge on any atom is 0.124 e. The molecule has 0 aliphatic rings. The number of nitrogens with one attached hydrogen (secondary N) is 1. The van der Waals surface area contributed by atoms with Crippen molar-refractivity contribution in [2.24, 2.45) is 0 Å². The minimum Gasteiger partial charge on any atom is -0.355 e. The molecule has 3 aromatic heterocycles. The first-order valence-corrected chi connectivity index (χ1v) is 9.84. The van der Waals surface area contributed by atoms with Crippen molar-refractivity contribution in [2.45, 2.75) is 0 Å². The van der Waals surface area contributed by atoms with E-state index in [1.807, 2.05) is 18.3 Å². The van der Waals surface area contributed by atoms with Gasteiger partial charge in [-0.15, -0.1) is 11.3 Å². The molecule has 0 saturated carbocycles. The van der Waals surface area contributed by atoms with E-state index in [0.717, 1.165) is 43.8 Å². The molecule has 0 atom stereocenters. The van der Waals surface area contributed by atoms with Gasteiger partial charge in [0, 0.05) is 39.3 Å². The molecule has 0 aliphatic heterocycles. The third-order valence-corrected chi connectivity index (χ3v) is 6.07. The predicted molar refractivity (Wildman–Crippen MR) is 115 cm³/mol. The van der Waals surface area contributed by atoms with Crippen LogP contribution < -0.4 is 0 Å². The lowest BCUT2D eigenvalue weighted by Gasteiger charge is -1.99. The molecule has 0 fully saturated rings. The molecule has 0 unspecified atom stereocenters. The number of aromatic nitrogens is 4. The lowest BCUT2D eigenvalue weighted by atomic mass is 10.1. The fourth-order valence-electron chi connectivity index (χ4n) is 3.55. The SMILES string of the molecule is c1ccc2[nH]c(-c3ccc4sc(-c5ccc6cncnc6c5)nc4c3)cc2c1. The number of aromatic amines is 1. The Bertz CT molecular complexity index is 1450. The van der Waals surface area contributed by atoms with Gasteiger partial charge in [0.15, 0.2) is 0 Å². The van der Waals surface area contributed by atoms with Gasteiger partial charge >= 0.3 is 0 Å². The third kappa shape index (κ3) is 2.48.